The zero-order chi connectivity index (χ0) is 13.8. The van der Waals surface area contributed by atoms with E-state index in [-0.39, 0.29) is 11.1 Å². The minimum absolute atomic E-state index is 0.220. The molecule has 0 aromatic carbocycles. The minimum Gasteiger partial charge on any atom is -0.443 e. The highest BCUT2D eigenvalue weighted by atomic mass is 35.5. The standard InChI is InChI=1S/C11H20ClN3O2/c1-8(13-9(12)14(5)6)15(7)10(16)17-11(2,3)4/h1H2,2-7H3. The van der Waals surface area contributed by atoms with Crippen molar-refractivity contribution in [2.24, 2.45) is 4.99 Å². The number of halogens is 1. The van der Waals surface area contributed by atoms with Gasteiger partial charge in [0.1, 0.15) is 11.4 Å². The Labute approximate surface area is 108 Å². The van der Waals surface area contributed by atoms with Gasteiger partial charge in [0.2, 0.25) is 0 Å². The molecule has 0 rings (SSSR count). The van der Waals surface area contributed by atoms with E-state index >= 15 is 0 Å². The van der Waals surface area contributed by atoms with E-state index in [2.05, 4.69) is 11.6 Å². The van der Waals surface area contributed by atoms with Gasteiger partial charge in [0.25, 0.3) is 0 Å². The summed E-state index contributed by atoms with van der Waals surface area (Å²) in [5.41, 5.74) is -0.555. The normalized spacial score (nSPS) is 12.1. The van der Waals surface area contributed by atoms with Crippen molar-refractivity contribution >= 4 is 23.0 Å². The van der Waals surface area contributed by atoms with E-state index in [0.29, 0.717) is 0 Å². The highest BCUT2D eigenvalue weighted by Crippen LogP contribution is 2.12. The lowest BCUT2D eigenvalue weighted by Crippen LogP contribution is -2.33. The summed E-state index contributed by atoms with van der Waals surface area (Å²) in [5, 5.41) is 0.241. The molecule has 0 aromatic rings. The molecule has 0 aromatic heterocycles. The molecule has 0 spiro atoms. The number of hydrogen-bond acceptors (Lipinski definition) is 3. The molecule has 98 valence electrons. The fraction of sp³-hybridized carbons (Fsp3) is 0.636. The zero-order valence-corrected chi connectivity index (χ0v) is 12.0. The van der Waals surface area contributed by atoms with E-state index in [0.717, 1.165) is 0 Å². The average molecular weight is 262 g/mol. The lowest BCUT2D eigenvalue weighted by Gasteiger charge is -2.24. The van der Waals surface area contributed by atoms with Crippen LogP contribution in [0, 0.1) is 0 Å². The molecule has 0 atom stereocenters. The van der Waals surface area contributed by atoms with Gasteiger partial charge in [-0.2, -0.15) is 0 Å². The molecule has 0 aliphatic rings. The Hall–Kier alpha value is -1.23. The van der Waals surface area contributed by atoms with Gasteiger partial charge in [0, 0.05) is 21.1 Å². The maximum Gasteiger partial charge on any atom is 0.415 e. The topological polar surface area (TPSA) is 45.1 Å². The first-order valence-electron chi connectivity index (χ1n) is 5.11. The predicted octanol–water partition coefficient (Wildman–Crippen LogP) is 2.48. The van der Waals surface area contributed by atoms with E-state index in [1.807, 2.05) is 0 Å². The second-order valence-corrected chi connectivity index (χ2v) is 5.07. The van der Waals surface area contributed by atoms with Gasteiger partial charge in [-0.25, -0.2) is 9.79 Å². The molecule has 0 unspecified atom stereocenters. The number of amidine groups is 1. The zero-order valence-electron chi connectivity index (χ0n) is 11.2. The van der Waals surface area contributed by atoms with Crippen molar-refractivity contribution in [2.45, 2.75) is 26.4 Å². The summed E-state index contributed by atoms with van der Waals surface area (Å²) in [5.74, 6) is 0.220. The SMILES string of the molecule is C=C(N=C(Cl)N(C)C)N(C)C(=O)OC(C)(C)C. The Bertz CT molecular complexity index is 332. The Morgan fingerprint density at radius 2 is 1.76 bits per heavy atom. The van der Waals surface area contributed by atoms with Crippen LogP contribution in [-0.2, 0) is 4.74 Å². The van der Waals surface area contributed by atoms with Crippen molar-refractivity contribution in [3.63, 3.8) is 0 Å². The Kier molecular flexibility index (Phi) is 5.48. The average Bonchev–Trinajstić information content (AvgIpc) is 2.13. The van der Waals surface area contributed by atoms with Crippen LogP contribution in [0.1, 0.15) is 20.8 Å². The molecule has 0 N–H and O–H groups in total. The summed E-state index contributed by atoms with van der Waals surface area (Å²) in [6, 6.07) is 0. The van der Waals surface area contributed by atoms with Crippen molar-refractivity contribution < 1.29 is 9.53 Å². The number of amides is 1. The smallest absolute Gasteiger partial charge is 0.415 e. The summed E-state index contributed by atoms with van der Waals surface area (Å²) >= 11 is 5.83. The Morgan fingerprint density at radius 3 is 2.12 bits per heavy atom. The molecule has 6 heteroatoms. The lowest BCUT2D eigenvalue weighted by molar-refractivity contribution is 0.0352. The predicted molar refractivity (Wildman–Crippen MR) is 70.1 cm³/mol. The van der Waals surface area contributed by atoms with Gasteiger partial charge in [-0.15, -0.1) is 0 Å². The van der Waals surface area contributed by atoms with Crippen LogP contribution in [0.25, 0.3) is 0 Å². The maximum absolute atomic E-state index is 11.7. The van der Waals surface area contributed by atoms with Crippen LogP contribution < -0.4 is 0 Å². The Morgan fingerprint density at radius 1 is 1.29 bits per heavy atom. The van der Waals surface area contributed by atoms with Gasteiger partial charge in [0.15, 0.2) is 5.29 Å². The van der Waals surface area contributed by atoms with Crippen molar-refractivity contribution in [3.05, 3.63) is 12.4 Å². The number of carbonyl (C=O) groups excluding carboxylic acids is 1. The molecule has 0 aliphatic heterocycles. The summed E-state index contributed by atoms with van der Waals surface area (Å²) in [6.45, 7) is 9.02. The third kappa shape index (κ3) is 6.16. The molecular formula is C11H20ClN3O2. The van der Waals surface area contributed by atoms with Crippen molar-refractivity contribution in [1.82, 2.24) is 9.80 Å². The molecule has 17 heavy (non-hydrogen) atoms. The first-order chi connectivity index (χ1) is 7.54. The van der Waals surface area contributed by atoms with Crippen molar-refractivity contribution in [1.29, 1.82) is 0 Å². The van der Waals surface area contributed by atoms with Crippen LogP contribution in [0.15, 0.2) is 17.4 Å². The summed E-state index contributed by atoms with van der Waals surface area (Å²) in [7, 11) is 5.01. The summed E-state index contributed by atoms with van der Waals surface area (Å²) in [6.07, 6.45) is -0.519. The van der Waals surface area contributed by atoms with Gasteiger partial charge < -0.3 is 9.64 Å². The molecule has 0 bridgehead atoms. The molecule has 0 heterocycles. The van der Waals surface area contributed by atoms with Crippen LogP contribution in [-0.4, -0.2) is 47.9 Å². The molecular weight excluding hydrogens is 242 g/mol. The fourth-order valence-corrected chi connectivity index (χ4v) is 0.815. The quantitative estimate of drug-likeness (QED) is 0.436. The largest absolute Gasteiger partial charge is 0.443 e. The fourth-order valence-electron chi connectivity index (χ4n) is 0.717. The number of rotatable bonds is 2. The molecule has 0 saturated heterocycles. The second kappa shape index (κ2) is 5.91. The number of hydrogen-bond donors (Lipinski definition) is 0. The van der Waals surface area contributed by atoms with Gasteiger partial charge in [-0.05, 0) is 32.4 Å². The molecule has 5 nitrogen and oxygen atoms in total. The molecule has 0 aliphatic carbocycles. The van der Waals surface area contributed by atoms with Gasteiger partial charge >= 0.3 is 6.09 Å². The Balaban J connectivity index is 4.62. The van der Waals surface area contributed by atoms with Crippen LogP contribution in [0.5, 0.6) is 0 Å². The van der Waals surface area contributed by atoms with Crippen LogP contribution >= 0.6 is 11.6 Å². The number of ether oxygens (including phenoxy) is 1. The number of aliphatic imine (C=N–C) groups is 1. The van der Waals surface area contributed by atoms with E-state index in [9.17, 15) is 4.79 Å². The first-order valence-corrected chi connectivity index (χ1v) is 5.49. The first kappa shape index (κ1) is 15.8. The van der Waals surface area contributed by atoms with Gasteiger partial charge in [-0.1, -0.05) is 6.58 Å². The van der Waals surface area contributed by atoms with E-state index in [1.165, 1.54) is 11.9 Å². The van der Waals surface area contributed by atoms with Crippen LogP contribution in [0.2, 0.25) is 0 Å². The molecule has 1 amide bonds. The molecule has 0 fully saturated rings. The maximum atomic E-state index is 11.7. The van der Waals surface area contributed by atoms with E-state index < -0.39 is 11.7 Å². The molecule has 0 radical (unpaired) electrons. The minimum atomic E-state index is -0.555. The highest BCUT2D eigenvalue weighted by Gasteiger charge is 2.21. The number of carbonyl (C=O) groups is 1. The summed E-state index contributed by atoms with van der Waals surface area (Å²) < 4.78 is 5.16. The highest BCUT2D eigenvalue weighted by molar-refractivity contribution is 6.64. The number of nitrogens with zero attached hydrogens (tertiary/aromatic N) is 3. The lowest BCUT2D eigenvalue weighted by atomic mass is 10.2. The van der Waals surface area contributed by atoms with Crippen LogP contribution in [0.4, 0.5) is 4.79 Å². The van der Waals surface area contributed by atoms with Gasteiger partial charge in [0.05, 0.1) is 0 Å². The van der Waals surface area contributed by atoms with Gasteiger partial charge in [-0.3, -0.25) is 4.90 Å². The van der Waals surface area contributed by atoms with Crippen molar-refractivity contribution in [3.8, 4) is 0 Å². The molecule has 0 saturated carbocycles. The third-order valence-electron chi connectivity index (χ3n) is 1.64. The third-order valence-corrected chi connectivity index (χ3v) is 2.07. The summed E-state index contributed by atoms with van der Waals surface area (Å²) in [4.78, 5) is 18.4. The van der Waals surface area contributed by atoms with Crippen LogP contribution in [0.3, 0.4) is 0 Å². The van der Waals surface area contributed by atoms with E-state index in [4.69, 9.17) is 16.3 Å². The monoisotopic (exact) mass is 261 g/mol. The second-order valence-electron chi connectivity index (χ2n) is 4.73. The van der Waals surface area contributed by atoms with Crippen molar-refractivity contribution in [2.75, 3.05) is 21.1 Å². The van der Waals surface area contributed by atoms with E-state index in [1.54, 1.807) is 39.8 Å².